The number of carbonyl (C=O) groups is 2. The molecule has 7 heteroatoms. The van der Waals surface area contributed by atoms with Crippen molar-refractivity contribution in [1.29, 1.82) is 0 Å². The number of aromatic nitrogens is 1. The van der Waals surface area contributed by atoms with Gasteiger partial charge >= 0.3 is 0 Å². The molecular formula is C34H44N4O3. The lowest BCUT2D eigenvalue weighted by molar-refractivity contribution is -0.137. The van der Waals surface area contributed by atoms with Crippen LogP contribution in [0.3, 0.4) is 0 Å². The summed E-state index contributed by atoms with van der Waals surface area (Å²) in [6, 6.07) is 20.7. The van der Waals surface area contributed by atoms with Gasteiger partial charge in [0.15, 0.2) is 0 Å². The summed E-state index contributed by atoms with van der Waals surface area (Å²) in [6.45, 7) is 7.05. The van der Waals surface area contributed by atoms with Crippen LogP contribution in [0.2, 0.25) is 0 Å². The van der Waals surface area contributed by atoms with Gasteiger partial charge in [-0.2, -0.15) is 0 Å². The van der Waals surface area contributed by atoms with Crippen molar-refractivity contribution in [3.05, 3.63) is 95.8 Å². The van der Waals surface area contributed by atoms with E-state index in [1.54, 1.807) is 12.4 Å². The molecule has 1 aliphatic rings. The highest BCUT2D eigenvalue weighted by atomic mass is 16.5. The predicted molar refractivity (Wildman–Crippen MR) is 162 cm³/mol. The fourth-order valence-electron chi connectivity index (χ4n) is 5.06. The number of amides is 2. The second-order valence-electron chi connectivity index (χ2n) is 11.3. The molecule has 0 saturated carbocycles. The van der Waals surface area contributed by atoms with Crippen LogP contribution in [0.4, 0.5) is 0 Å². The minimum absolute atomic E-state index is 0.00713. The maximum absolute atomic E-state index is 13.7. The molecule has 0 spiro atoms. The zero-order valence-corrected chi connectivity index (χ0v) is 24.4. The summed E-state index contributed by atoms with van der Waals surface area (Å²) in [4.78, 5) is 33.4. The first-order chi connectivity index (χ1) is 20.0. The number of piperidine rings is 1. The van der Waals surface area contributed by atoms with Crippen molar-refractivity contribution in [1.82, 2.24) is 20.5 Å². The van der Waals surface area contributed by atoms with E-state index in [-0.39, 0.29) is 11.8 Å². The van der Waals surface area contributed by atoms with Gasteiger partial charge in [-0.15, -0.1) is 0 Å². The number of hydrogen-bond donors (Lipinski definition) is 2. The van der Waals surface area contributed by atoms with Crippen LogP contribution in [0.1, 0.15) is 56.2 Å². The van der Waals surface area contributed by atoms with E-state index in [0.29, 0.717) is 25.4 Å². The van der Waals surface area contributed by atoms with Crippen molar-refractivity contribution in [2.75, 3.05) is 19.6 Å². The molecule has 41 heavy (non-hydrogen) atoms. The van der Waals surface area contributed by atoms with Crippen molar-refractivity contribution in [2.45, 2.75) is 71.1 Å². The maximum Gasteiger partial charge on any atom is 0.245 e. The Kier molecular flexibility index (Phi) is 11.7. The van der Waals surface area contributed by atoms with Crippen molar-refractivity contribution >= 4 is 11.8 Å². The molecule has 2 aromatic carbocycles. The van der Waals surface area contributed by atoms with Gasteiger partial charge < -0.3 is 20.3 Å². The first-order valence-electron chi connectivity index (χ1n) is 14.9. The quantitative estimate of drug-likeness (QED) is 0.294. The number of likely N-dealkylation sites (tertiary alicyclic amines) is 1. The Morgan fingerprint density at radius 3 is 2.17 bits per heavy atom. The zero-order valence-electron chi connectivity index (χ0n) is 24.4. The Bertz CT molecular complexity index is 1200. The second-order valence-corrected chi connectivity index (χ2v) is 11.3. The molecule has 1 fully saturated rings. The SMILES string of the molecule is CC(C)CCNC(Cc1ccncc1)C(=O)NC(Cc1ccc(OCc2ccccc2)cc1)C(=O)N1CCCCC1. The molecule has 3 aromatic rings. The van der Waals surface area contributed by atoms with Crippen LogP contribution in [-0.2, 0) is 29.0 Å². The average molecular weight is 557 g/mol. The summed E-state index contributed by atoms with van der Waals surface area (Å²) in [7, 11) is 0. The van der Waals surface area contributed by atoms with Crippen molar-refractivity contribution < 1.29 is 14.3 Å². The van der Waals surface area contributed by atoms with Crippen LogP contribution in [0.25, 0.3) is 0 Å². The zero-order chi connectivity index (χ0) is 28.9. The van der Waals surface area contributed by atoms with Gasteiger partial charge in [-0.1, -0.05) is 56.3 Å². The molecule has 0 radical (unpaired) electrons. The van der Waals surface area contributed by atoms with E-state index < -0.39 is 12.1 Å². The lowest BCUT2D eigenvalue weighted by atomic mass is 10.0. The lowest BCUT2D eigenvalue weighted by Crippen LogP contribution is -2.55. The molecule has 1 saturated heterocycles. The summed E-state index contributed by atoms with van der Waals surface area (Å²) in [5, 5.41) is 6.59. The van der Waals surface area contributed by atoms with E-state index >= 15 is 0 Å². The summed E-state index contributed by atoms with van der Waals surface area (Å²) >= 11 is 0. The normalized spacial score (nSPS) is 14.9. The topological polar surface area (TPSA) is 83.6 Å². The molecular weight excluding hydrogens is 512 g/mol. The third-order valence-corrected chi connectivity index (χ3v) is 7.51. The minimum atomic E-state index is -0.636. The van der Waals surface area contributed by atoms with Crippen LogP contribution in [0.5, 0.6) is 5.75 Å². The smallest absolute Gasteiger partial charge is 0.245 e. The van der Waals surface area contributed by atoms with Gasteiger partial charge in [-0.3, -0.25) is 14.6 Å². The number of carbonyl (C=O) groups excluding carboxylic acids is 2. The van der Waals surface area contributed by atoms with E-state index in [1.165, 1.54) is 0 Å². The Balaban J connectivity index is 1.45. The number of ether oxygens (including phenoxy) is 1. The monoisotopic (exact) mass is 556 g/mol. The Labute approximate surface area is 244 Å². The summed E-state index contributed by atoms with van der Waals surface area (Å²) < 4.78 is 5.94. The number of nitrogens with zero attached hydrogens (tertiary/aromatic N) is 2. The highest BCUT2D eigenvalue weighted by Gasteiger charge is 2.30. The molecule has 7 nitrogen and oxygen atoms in total. The van der Waals surface area contributed by atoms with Gasteiger partial charge in [-0.05, 0) is 85.5 Å². The Morgan fingerprint density at radius 2 is 1.49 bits per heavy atom. The lowest BCUT2D eigenvalue weighted by Gasteiger charge is -2.31. The molecule has 2 unspecified atom stereocenters. The number of nitrogens with one attached hydrogen (secondary N) is 2. The standard InChI is InChI=1S/C34H44N4O3/c1-26(2)15-20-36-31(23-28-16-18-35-19-17-28)33(39)37-32(34(40)38-21-7-4-8-22-38)24-27-11-13-30(14-12-27)41-25-29-9-5-3-6-10-29/h3,5-6,9-14,16-19,26,31-32,36H,4,7-8,15,20-25H2,1-2H3,(H,37,39). The van der Waals surface area contributed by atoms with E-state index in [1.807, 2.05) is 71.6 Å². The first kappa shape index (κ1) is 30.3. The van der Waals surface area contributed by atoms with Gasteiger partial charge in [-0.25, -0.2) is 0 Å². The van der Waals surface area contributed by atoms with Crippen LogP contribution in [0, 0.1) is 5.92 Å². The third kappa shape index (κ3) is 10.0. The van der Waals surface area contributed by atoms with Crippen molar-refractivity contribution in [2.24, 2.45) is 5.92 Å². The van der Waals surface area contributed by atoms with Crippen LogP contribution in [0.15, 0.2) is 79.1 Å². The van der Waals surface area contributed by atoms with Crippen LogP contribution >= 0.6 is 0 Å². The molecule has 0 bridgehead atoms. The highest BCUT2D eigenvalue weighted by molar-refractivity contribution is 5.90. The van der Waals surface area contributed by atoms with Gasteiger partial charge in [0, 0.05) is 31.9 Å². The molecule has 1 aliphatic heterocycles. The average Bonchev–Trinajstić information content (AvgIpc) is 3.01. The Hall–Kier alpha value is -3.71. The number of rotatable bonds is 14. The summed E-state index contributed by atoms with van der Waals surface area (Å²) in [5.74, 6) is 1.14. The Morgan fingerprint density at radius 1 is 0.829 bits per heavy atom. The molecule has 1 aromatic heterocycles. The molecule has 2 amide bonds. The fraction of sp³-hybridized carbons (Fsp3) is 0.441. The van der Waals surface area contributed by atoms with Gasteiger partial charge in [0.25, 0.3) is 0 Å². The summed E-state index contributed by atoms with van der Waals surface area (Å²) in [6.07, 6.45) is 8.55. The number of pyridine rings is 1. The van der Waals surface area contributed by atoms with Crippen molar-refractivity contribution in [3.8, 4) is 5.75 Å². The van der Waals surface area contributed by atoms with Gasteiger partial charge in [0.1, 0.15) is 18.4 Å². The number of hydrogen-bond acceptors (Lipinski definition) is 5. The van der Waals surface area contributed by atoms with E-state index in [4.69, 9.17) is 4.74 Å². The highest BCUT2D eigenvalue weighted by Crippen LogP contribution is 2.18. The van der Waals surface area contributed by atoms with Crippen molar-refractivity contribution in [3.63, 3.8) is 0 Å². The molecule has 0 aliphatic carbocycles. The third-order valence-electron chi connectivity index (χ3n) is 7.51. The van der Waals surface area contributed by atoms with E-state index in [9.17, 15) is 9.59 Å². The van der Waals surface area contributed by atoms with Gasteiger partial charge in [0.05, 0.1) is 6.04 Å². The largest absolute Gasteiger partial charge is 0.489 e. The molecule has 2 heterocycles. The molecule has 2 N–H and O–H groups in total. The first-order valence-corrected chi connectivity index (χ1v) is 14.9. The van der Waals surface area contributed by atoms with E-state index in [2.05, 4.69) is 29.5 Å². The molecule has 4 rings (SSSR count). The second kappa shape index (κ2) is 15.9. The van der Waals surface area contributed by atoms with Crippen LogP contribution in [-0.4, -0.2) is 53.4 Å². The maximum atomic E-state index is 13.7. The van der Waals surface area contributed by atoms with Gasteiger partial charge in [0.2, 0.25) is 11.8 Å². The fourth-order valence-corrected chi connectivity index (χ4v) is 5.06. The predicted octanol–water partition coefficient (Wildman–Crippen LogP) is 4.95. The summed E-state index contributed by atoms with van der Waals surface area (Å²) in [5.41, 5.74) is 3.11. The van der Waals surface area contributed by atoms with Crippen LogP contribution < -0.4 is 15.4 Å². The molecule has 2 atom stereocenters. The molecule has 218 valence electrons. The number of benzene rings is 2. The minimum Gasteiger partial charge on any atom is -0.489 e. The van der Waals surface area contributed by atoms with E-state index in [0.717, 1.165) is 67.8 Å².